The molecule has 0 saturated carbocycles. The van der Waals surface area contributed by atoms with Crippen molar-refractivity contribution in [3.05, 3.63) is 53.3 Å². The molecular weight excluding hydrogens is 220 g/mol. The summed E-state index contributed by atoms with van der Waals surface area (Å²) in [6.45, 7) is 0.493. The van der Waals surface area contributed by atoms with E-state index in [1.165, 1.54) is 47.9 Å². The van der Waals surface area contributed by atoms with E-state index in [-0.39, 0.29) is 0 Å². The lowest BCUT2D eigenvalue weighted by molar-refractivity contribution is 0.686. The van der Waals surface area contributed by atoms with E-state index in [0.717, 1.165) is 5.69 Å². The van der Waals surface area contributed by atoms with Crippen LogP contribution in [0.4, 0.5) is 0 Å². The zero-order chi connectivity index (χ0) is 12.4. The van der Waals surface area contributed by atoms with Gasteiger partial charge in [0.15, 0.2) is 0 Å². The molecule has 92 valence electrons. The van der Waals surface area contributed by atoms with Gasteiger partial charge in [-0.3, -0.25) is 4.98 Å². The van der Waals surface area contributed by atoms with E-state index in [1.807, 2.05) is 12.3 Å². The van der Waals surface area contributed by atoms with Crippen LogP contribution in [0, 0.1) is 0 Å². The Morgan fingerprint density at radius 3 is 2.72 bits per heavy atom. The minimum atomic E-state index is 0.493. The Bertz CT molecular complexity index is 561. The fraction of sp³-hybridized carbons (Fsp3) is 0.312. The molecule has 0 aliphatic heterocycles. The number of aromatic nitrogens is 1. The molecule has 2 aromatic rings. The molecule has 2 N–H and O–H groups in total. The van der Waals surface area contributed by atoms with Crippen LogP contribution in [0.15, 0.2) is 36.5 Å². The van der Waals surface area contributed by atoms with Gasteiger partial charge >= 0.3 is 0 Å². The van der Waals surface area contributed by atoms with Gasteiger partial charge in [-0.2, -0.15) is 0 Å². The number of nitrogens with zero attached hydrogens (tertiary/aromatic N) is 1. The number of rotatable bonds is 2. The van der Waals surface area contributed by atoms with Gasteiger partial charge in [0.2, 0.25) is 0 Å². The van der Waals surface area contributed by atoms with Gasteiger partial charge in [-0.15, -0.1) is 0 Å². The Morgan fingerprint density at radius 2 is 1.89 bits per heavy atom. The van der Waals surface area contributed by atoms with Gasteiger partial charge in [-0.05, 0) is 48.4 Å². The van der Waals surface area contributed by atoms with E-state index >= 15 is 0 Å². The summed E-state index contributed by atoms with van der Waals surface area (Å²) in [6, 6.07) is 10.9. The monoisotopic (exact) mass is 238 g/mol. The molecule has 2 heteroatoms. The van der Waals surface area contributed by atoms with E-state index in [2.05, 4.69) is 29.2 Å². The first-order valence-corrected chi connectivity index (χ1v) is 6.64. The van der Waals surface area contributed by atoms with Crippen LogP contribution in [0.5, 0.6) is 0 Å². The van der Waals surface area contributed by atoms with Gasteiger partial charge in [0.05, 0.1) is 5.69 Å². The van der Waals surface area contributed by atoms with E-state index < -0.39 is 0 Å². The second-order valence-electron chi connectivity index (χ2n) is 4.89. The second-order valence-corrected chi connectivity index (χ2v) is 4.89. The van der Waals surface area contributed by atoms with Crippen LogP contribution < -0.4 is 5.73 Å². The maximum absolute atomic E-state index is 5.76. The average Bonchev–Trinajstić information content (AvgIpc) is 2.46. The fourth-order valence-corrected chi connectivity index (χ4v) is 2.76. The maximum atomic E-state index is 5.76. The molecule has 0 fully saturated rings. The molecule has 1 aromatic heterocycles. The number of aryl methyl sites for hydroxylation is 2. The zero-order valence-electron chi connectivity index (χ0n) is 10.5. The molecule has 3 rings (SSSR count). The Balaban J connectivity index is 2.06. The lowest BCUT2D eigenvalue weighted by atomic mass is 9.89. The van der Waals surface area contributed by atoms with Gasteiger partial charge in [0.1, 0.15) is 0 Å². The van der Waals surface area contributed by atoms with Gasteiger partial charge in [0, 0.05) is 18.3 Å². The third kappa shape index (κ3) is 2.04. The molecule has 2 nitrogen and oxygen atoms in total. The first kappa shape index (κ1) is 11.4. The first-order valence-electron chi connectivity index (χ1n) is 6.64. The van der Waals surface area contributed by atoms with Crippen LogP contribution in [-0.4, -0.2) is 4.98 Å². The van der Waals surface area contributed by atoms with Crippen molar-refractivity contribution in [3.8, 4) is 11.1 Å². The lowest BCUT2D eigenvalue weighted by Crippen LogP contribution is -2.04. The summed E-state index contributed by atoms with van der Waals surface area (Å²) >= 11 is 0. The molecule has 0 atom stereocenters. The van der Waals surface area contributed by atoms with Crippen LogP contribution in [-0.2, 0) is 19.4 Å². The maximum Gasteiger partial charge on any atom is 0.0617 e. The van der Waals surface area contributed by atoms with E-state index in [0.29, 0.717) is 6.54 Å². The molecule has 1 aromatic carbocycles. The minimum absolute atomic E-state index is 0.493. The Labute approximate surface area is 108 Å². The van der Waals surface area contributed by atoms with Crippen molar-refractivity contribution in [2.75, 3.05) is 0 Å². The number of hydrogen-bond donors (Lipinski definition) is 1. The summed E-state index contributed by atoms with van der Waals surface area (Å²) in [6.07, 6.45) is 6.89. The molecule has 0 radical (unpaired) electrons. The third-order valence-corrected chi connectivity index (χ3v) is 3.74. The number of benzene rings is 1. The quantitative estimate of drug-likeness (QED) is 0.873. The van der Waals surface area contributed by atoms with Crippen LogP contribution in [0.1, 0.15) is 29.7 Å². The highest BCUT2D eigenvalue weighted by Gasteiger charge is 2.11. The number of hydrogen-bond acceptors (Lipinski definition) is 2. The molecule has 0 saturated heterocycles. The molecule has 18 heavy (non-hydrogen) atoms. The van der Waals surface area contributed by atoms with Gasteiger partial charge in [0.25, 0.3) is 0 Å². The third-order valence-electron chi connectivity index (χ3n) is 3.74. The number of fused-ring (bicyclic) bond motifs is 1. The molecular formula is C16H18N2. The van der Waals surface area contributed by atoms with Gasteiger partial charge in [-0.25, -0.2) is 0 Å². The highest BCUT2D eigenvalue weighted by atomic mass is 14.7. The van der Waals surface area contributed by atoms with Crippen molar-refractivity contribution in [3.63, 3.8) is 0 Å². The predicted octanol–water partition coefficient (Wildman–Crippen LogP) is 3.09. The summed E-state index contributed by atoms with van der Waals surface area (Å²) in [5, 5.41) is 0. The van der Waals surface area contributed by atoms with Crippen molar-refractivity contribution in [1.29, 1.82) is 0 Å². The van der Waals surface area contributed by atoms with E-state index in [9.17, 15) is 0 Å². The van der Waals surface area contributed by atoms with E-state index in [1.54, 1.807) is 0 Å². The highest BCUT2D eigenvalue weighted by Crippen LogP contribution is 2.28. The standard InChI is InChI=1S/C16H18N2/c17-11-16-15(6-3-9-18-16)14-8-7-12-4-1-2-5-13(12)10-14/h3,6-10H,1-2,4-5,11,17H2. The van der Waals surface area contributed by atoms with Crippen molar-refractivity contribution >= 4 is 0 Å². The van der Waals surface area contributed by atoms with Crippen molar-refractivity contribution in [2.24, 2.45) is 5.73 Å². The van der Waals surface area contributed by atoms with Crippen LogP contribution >= 0.6 is 0 Å². The summed E-state index contributed by atoms with van der Waals surface area (Å²) in [5.41, 5.74) is 12.2. The molecule has 0 spiro atoms. The van der Waals surface area contributed by atoms with Crippen LogP contribution in [0.25, 0.3) is 11.1 Å². The van der Waals surface area contributed by atoms with Crippen LogP contribution in [0.3, 0.4) is 0 Å². The average molecular weight is 238 g/mol. The van der Waals surface area contributed by atoms with Crippen molar-refractivity contribution < 1.29 is 0 Å². The normalized spacial score (nSPS) is 14.3. The van der Waals surface area contributed by atoms with Crippen molar-refractivity contribution in [1.82, 2.24) is 4.98 Å². The predicted molar refractivity (Wildman–Crippen MR) is 74.2 cm³/mol. The van der Waals surface area contributed by atoms with Gasteiger partial charge in [-0.1, -0.05) is 24.3 Å². The summed E-state index contributed by atoms with van der Waals surface area (Å²) in [5.74, 6) is 0. The SMILES string of the molecule is NCc1ncccc1-c1ccc2c(c1)CCCC2. The topological polar surface area (TPSA) is 38.9 Å². The fourth-order valence-electron chi connectivity index (χ4n) is 2.76. The Hall–Kier alpha value is -1.67. The summed E-state index contributed by atoms with van der Waals surface area (Å²) in [4.78, 5) is 4.36. The lowest BCUT2D eigenvalue weighted by Gasteiger charge is -2.17. The Kier molecular flexibility index (Phi) is 3.11. The number of pyridine rings is 1. The summed E-state index contributed by atoms with van der Waals surface area (Å²) < 4.78 is 0. The van der Waals surface area contributed by atoms with E-state index in [4.69, 9.17) is 5.73 Å². The molecule has 1 aliphatic rings. The van der Waals surface area contributed by atoms with Gasteiger partial charge < -0.3 is 5.73 Å². The summed E-state index contributed by atoms with van der Waals surface area (Å²) in [7, 11) is 0. The number of nitrogens with two attached hydrogens (primary N) is 1. The highest BCUT2D eigenvalue weighted by molar-refractivity contribution is 5.67. The van der Waals surface area contributed by atoms with Crippen LogP contribution in [0.2, 0.25) is 0 Å². The molecule has 0 unspecified atom stereocenters. The molecule has 0 bridgehead atoms. The largest absolute Gasteiger partial charge is 0.325 e. The minimum Gasteiger partial charge on any atom is -0.325 e. The Morgan fingerprint density at radius 1 is 1.06 bits per heavy atom. The molecule has 0 amide bonds. The first-order chi connectivity index (χ1) is 8.88. The second kappa shape index (κ2) is 4.91. The zero-order valence-corrected chi connectivity index (χ0v) is 10.5. The van der Waals surface area contributed by atoms with Crippen molar-refractivity contribution in [2.45, 2.75) is 32.2 Å². The molecule has 1 aliphatic carbocycles. The smallest absolute Gasteiger partial charge is 0.0617 e. The molecule has 1 heterocycles.